The summed E-state index contributed by atoms with van der Waals surface area (Å²) in [6.45, 7) is 25.1. The van der Waals surface area contributed by atoms with E-state index in [9.17, 15) is 9.59 Å². The highest BCUT2D eigenvalue weighted by molar-refractivity contribution is 6.08. The van der Waals surface area contributed by atoms with Gasteiger partial charge in [0.15, 0.2) is 11.6 Å². The van der Waals surface area contributed by atoms with Crippen molar-refractivity contribution in [2.45, 2.75) is 107 Å². The minimum absolute atomic E-state index is 0.0555. The van der Waals surface area contributed by atoms with Gasteiger partial charge in [-0.3, -0.25) is 4.79 Å². The predicted octanol–water partition coefficient (Wildman–Crippen LogP) is 7.41. The van der Waals surface area contributed by atoms with Gasteiger partial charge in [0, 0.05) is 24.2 Å². The topological polar surface area (TPSA) is 77.4 Å². The van der Waals surface area contributed by atoms with Crippen LogP contribution >= 0.6 is 0 Å². The van der Waals surface area contributed by atoms with Crippen LogP contribution < -0.4 is 0 Å². The smallest absolute Gasteiger partial charge is 0.226 e. The molecule has 1 aromatic heterocycles. The number of Topliss-reactive ketones (excluding diaryl/α,β-unsaturated/α-hetero) is 1. The number of aromatic nitrogens is 2. The monoisotopic (exact) mass is 541 g/mol. The summed E-state index contributed by atoms with van der Waals surface area (Å²) in [5.74, 6) is 3.71. The van der Waals surface area contributed by atoms with Gasteiger partial charge >= 0.3 is 0 Å². The van der Waals surface area contributed by atoms with Crippen molar-refractivity contribution in [1.29, 1.82) is 0 Å². The van der Waals surface area contributed by atoms with Crippen molar-refractivity contribution < 1.29 is 14.0 Å². The lowest BCUT2D eigenvalue weighted by Crippen LogP contribution is -2.63. The molecule has 212 valence electrons. The second kappa shape index (κ2) is 8.26. The predicted molar refractivity (Wildman–Crippen MR) is 152 cm³/mol. The molecule has 0 aliphatic heterocycles. The second-order valence-corrected chi connectivity index (χ2v) is 15.5. The van der Waals surface area contributed by atoms with Gasteiger partial charge in [-0.05, 0) is 84.5 Å². The number of ketones is 2. The Balaban J connectivity index is 1.50. The summed E-state index contributed by atoms with van der Waals surface area (Å²) in [5, 5.41) is 8.48. The first-order valence-corrected chi connectivity index (χ1v) is 15.0. The number of hydrogen-bond donors (Lipinski definition) is 0. The SMILES string of the molecule is [C-]#[N+]C1=C[C@]2(C)C3=CC(=O)[C]4[C]5CC(C)(C)CC[C@]5(Cc5nnc(C)o5)CC[C@@]4(C)[C@]3(C)CC[C@H]2C(C)(C)C1=O. The molecule has 3 fully saturated rings. The number of carbonyl (C=O) groups excluding carboxylic acids is 2. The molecular weight excluding hydrogens is 498 g/mol. The molecule has 0 amide bonds. The van der Waals surface area contributed by atoms with Crippen LogP contribution in [0.4, 0.5) is 0 Å². The first-order chi connectivity index (χ1) is 18.5. The van der Waals surface area contributed by atoms with Crippen LogP contribution in [0.15, 0.2) is 27.8 Å². The lowest BCUT2D eigenvalue weighted by molar-refractivity contribution is -0.133. The highest BCUT2D eigenvalue weighted by atomic mass is 16.4. The molecule has 0 bridgehead atoms. The number of carbonyl (C=O) groups is 2. The van der Waals surface area contributed by atoms with E-state index in [1.54, 1.807) is 0 Å². The molecule has 0 spiro atoms. The van der Waals surface area contributed by atoms with Gasteiger partial charge < -0.3 is 9.21 Å². The van der Waals surface area contributed by atoms with Gasteiger partial charge in [-0.25, -0.2) is 4.85 Å². The van der Waals surface area contributed by atoms with Crippen molar-refractivity contribution in [2.24, 2.45) is 38.4 Å². The maximum Gasteiger partial charge on any atom is 0.226 e. The Morgan fingerprint density at radius 1 is 0.975 bits per heavy atom. The standard InChI is InChI=1S/C34H43N3O3/c1-20-36-37-26(40-20)19-34-14-12-29(2,3)17-21(34)27-23(38)16-25-31(6)18-22(35-9)28(39)30(4,5)24(31)10-11-32(25,7)33(27,8)13-15-34/h16,18,24H,10-15,17,19H2,1-8H3/t24-,31-,32+,33+,34+/m0/s1. The van der Waals surface area contributed by atoms with E-state index in [-0.39, 0.29) is 44.8 Å². The largest absolute Gasteiger partial charge is 0.426 e. The molecule has 0 saturated heterocycles. The van der Waals surface area contributed by atoms with Gasteiger partial charge in [-0.15, -0.1) is 10.2 Å². The second-order valence-electron chi connectivity index (χ2n) is 15.5. The van der Waals surface area contributed by atoms with Crippen LogP contribution in [0.5, 0.6) is 0 Å². The van der Waals surface area contributed by atoms with E-state index in [1.165, 1.54) is 5.92 Å². The number of hydrogen-bond acceptors (Lipinski definition) is 5. The molecule has 40 heavy (non-hydrogen) atoms. The molecule has 0 unspecified atom stereocenters. The average molecular weight is 542 g/mol. The average Bonchev–Trinajstić information content (AvgIpc) is 3.27. The van der Waals surface area contributed by atoms with Crippen LogP contribution in [0.3, 0.4) is 0 Å². The molecule has 2 radical (unpaired) electrons. The molecule has 5 aliphatic carbocycles. The van der Waals surface area contributed by atoms with Crippen molar-refractivity contribution in [3.8, 4) is 0 Å². The number of nitrogens with zero attached hydrogens (tertiary/aromatic N) is 3. The summed E-state index contributed by atoms with van der Waals surface area (Å²) < 4.78 is 5.90. The third-order valence-electron chi connectivity index (χ3n) is 12.4. The van der Waals surface area contributed by atoms with Crippen molar-refractivity contribution in [3.63, 3.8) is 0 Å². The molecular formula is C34H43N3O3. The van der Waals surface area contributed by atoms with E-state index < -0.39 is 10.8 Å². The van der Waals surface area contributed by atoms with E-state index in [2.05, 4.69) is 49.7 Å². The first-order valence-electron chi connectivity index (χ1n) is 15.0. The van der Waals surface area contributed by atoms with Gasteiger partial charge in [0.25, 0.3) is 0 Å². The Morgan fingerprint density at radius 2 is 1.68 bits per heavy atom. The molecule has 5 aliphatic rings. The molecule has 3 saturated carbocycles. The van der Waals surface area contributed by atoms with Gasteiger partial charge in [-0.2, -0.15) is 0 Å². The highest BCUT2D eigenvalue weighted by Gasteiger charge is 2.70. The fraction of sp³-hybridized carbons (Fsp3) is 0.676. The number of rotatable bonds is 2. The van der Waals surface area contributed by atoms with Crippen LogP contribution in [-0.2, 0) is 16.0 Å². The normalized spacial score (nSPS) is 40.6. The number of fused-ring (bicyclic) bond motifs is 7. The molecule has 6 heteroatoms. The third kappa shape index (κ3) is 3.45. The zero-order valence-corrected chi connectivity index (χ0v) is 25.5. The maximum absolute atomic E-state index is 14.6. The van der Waals surface area contributed by atoms with Crippen LogP contribution in [0.1, 0.15) is 105 Å². The summed E-state index contributed by atoms with van der Waals surface area (Å²) in [5.41, 5.74) is -0.401. The first kappa shape index (κ1) is 27.6. The summed E-state index contributed by atoms with van der Waals surface area (Å²) in [7, 11) is 0. The van der Waals surface area contributed by atoms with Crippen molar-refractivity contribution >= 4 is 11.6 Å². The Morgan fingerprint density at radius 3 is 2.33 bits per heavy atom. The van der Waals surface area contributed by atoms with Crippen molar-refractivity contribution in [3.05, 3.63) is 58.5 Å². The van der Waals surface area contributed by atoms with Crippen molar-refractivity contribution in [2.75, 3.05) is 0 Å². The molecule has 0 N–H and O–H groups in total. The Labute approximate surface area is 239 Å². The van der Waals surface area contributed by atoms with Crippen LogP contribution in [0.2, 0.25) is 0 Å². The Bertz CT molecular complexity index is 1410. The number of allylic oxidation sites excluding steroid dienone is 4. The fourth-order valence-electron chi connectivity index (χ4n) is 9.96. The molecule has 1 heterocycles. The summed E-state index contributed by atoms with van der Waals surface area (Å²) in [6.07, 6.45) is 11.3. The van der Waals surface area contributed by atoms with Gasteiger partial charge in [0.1, 0.15) is 0 Å². The highest BCUT2D eigenvalue weighted by Crippen LogP contribution is 2.76. The Kier molecular flexibility index (Phi) is 5.70. The van der Waals surface area contributed by atoms with E-state index in [4.69, 9.17) is 11.0 Å². The molecule has 1 aromatic rings. The Hall–Kier alpha value is -2.55. The minimum Gasteiger partial charge on any atom is -0.426 e. The quantitative estimate of drug-likeness (QED) is 0.364. The van der Waals surface area contributed by atoms with Crippen molar-refractivity contribution in [1.82, 2.24) is 10.2 Å². The van der Waals surface area contributed by atoms with Crippen LogP contribution in [-0.4, -0.2) is 21.8 Å². The van der Waals surface area contributed by atoms with Gasteiger partial charge in [0.2, 0.25) is 17.5 Å². The number of aryl methyl sites for hydroxylation is 1. The van der Waals surface area contributed by atoms with Crippen LogP contribution in [0.25, 0.3) is 4.85 Å². The van der Waals surface area contributed by atoms with E-state index in [1.807, 2.05) is 32.9 Å². The molecule has 5 atom stereocenters. The van der Waals surface area contributed by atoms with Gasteiger partial charge in [-0.1, -0.05) is 60.1 Å². The van der Waals surface area contributed by atoms with E-state index in [0.29, 0.717) is 18.2 Å². The molecule has 6 rings (SSSR count). The fourth-order valence-corrected chi connectivity index (χ4v) is 9.96. The van der Waals surface area contributed by atoms with E-state index in [0.717, 1.165) is 56.4 Å². The van der Waals surface area contributed by atoms with Gasteiger partial charge in [0.05, 0.1) is 12.5 Å². The lowest BCUT2D eigenvalue weighted by Gasteiger charge is -2.69. The van der Waals surface area contributed by atoms with Crippen LogP contribution in [0, 0.1) is 63.7 Å². The molecule has 6 nitrogen and oxygen atoms in total. The minimum atomic E-state index is -0.647. The maximum atomic E-state index is 14.6. The zero-order valence-electron chi connectivity index (χ0n) is 25.5. The lowest BCUT2D eigenvalue weighted by atomic mass is 9.34. The van der Waals surface area contributed by atoms with E-state index >= 15 is 0 Å². The third-order valence-corrected chi connectivity index (χ3v) is 12.4. The summed E-state index contributed by atoms with van der Waals surface area (Å²) in [6, 6.07) is 0. The summed E-state index contributed by atoms with van der Waals surface area (Å²) in [4.78, 5) is 31.5. The zero-order chi connectivity index (χ0) is 29.1. The summed E-state index contributed by atoms with van der Waals surface area (Å²) >= 11 is 0. The molecule has 0 aromatic carbocycles.